The molecule has 1 aromatic rings. The minimum absolute atomic E-state index is 0.0593. The molecule has 1 fully saturated rings. The third-order valence-corrected chi connectivity index (χ3v) is 7.59. The lowest BCUT2D eigenvalue weighted by Gasteiger charge is -2.19. The Morgan fingerprint density at radius 2 is 1.57 bits per heavy atom. The molecule has 2 rings (SSSR count). The highest BCUT2D eigenvalue weighted by atomic mass is 32.2. The molecule has 6 nitrogen and oxygen atoms in total. The molecule has 0 aromatic heterocycles. The second kappa shape index (κ2) is 17.4. The van der Waals surface area contributed by atoms with Gasteiger partial charge in [-0.15, -0.1) is 11.8 Å². The van der Waals surface area contributed by atoms with Crippen LogP contribution < -0.4 is 9.64 Å². The molecule has 1 aliphatic rings. The standard InChI is InChI=1S/C28H44N2O4S/c1-3-5-7-9-10-11-12-18-30-27(32)22-26(28(30)33)35-21-19-29(23-31)24-14-16-25(17-15-24)34-20-13-8-6-4-2/h14-17,23,26H,3-13,18-22H2,1-2H3. The number of carbonyl (C=O) groups is 3. The normalized spacial score (nSPS) is 15.6. The molecule has 1 aliphatic heterocycles. The Balaban J connectivity index is 1.69. The molecule has 0 aliphatic carbocycles. The van der Waals surface area contributed by atoms with Gasteiger partial charge in [-0.1, -0.05) is 71.6 Å². The van der Waals surface area contributed by atoms with Crippen molar-refractivity contribution in [1.29, 1.82) is 0 Å². The maximum absolute atomic E-state index is 12.7. The van der Waals surface area contributed by atoms with Crippen LogP contribution in [0.3, 0.4) is 0 Å². The van der Waals surface area contributed by atoms with Crippen molar-refractivity contribution in [3.63, 3.8) is 0 Å². The van der Waals surface area contributed by atoms with E-state index >= 15 is 0 Å². The van der Waals surface area contributed by atoms with Gasteiger partial charge in [-0.25, -0.2) is 0 Å². The van der Waals surface area contributed by atoms with E-state index in [0.717, 1.165) is 37.1 Å². The molecule has 0 bridgehead atoms. The van der Waals surface area contributed by atoms with Crippen molar-refractivity contribution in [1.82, 2.24) is 4.90 Å². The highest BCUT2D eigenvalue weighted by Crippen LogP contribution is 2.26. The summed E-state index contributed by atoms with van der Waals surface area (Å²) in [5, 5.41) is -0.330. The Hall–Kier alpha value is -2.02. The maximum atomic E-state index is 12.7. The lowest BCUT2D eigenvalue weighted by Crippen LogP contribution is -2.32. The fourth-order valence-electron chi connectivity index (χ4n) is 4.23. The number of rotatable bonds is 20. The number of hydrogen-bond donors (Lipinski definition) is 0. The summed E-state index contributed by atoms with van der Waals surface area (Å²) < 4.78 is 5.77. The predicted octanol–water partition coefficient (Wildman–Crippen LogP) is 6.22. The summed E-state index contributed by atoms with van der Waals surface area (Å²) in [7, 11) is 0. The molecule has 1 aromatic carbocycles. The fraction of sp³-hybridized carbons (Fsp3) is 0.679. The summed E-state index contributed by atoms with van der Waals surface area (Å²) in [4.78, 5) is 39.8. The number of ether oxygens (including phenoxy) is 1. The Morgan fingerprint density at radius 3 is 2.23 bits per heavy atom. The lowest BCUT2D eigenvalue weighted by atomic mass is 10.1. The molecule has 196 valence electrons. The van der Waals surface area contributed by atoms with Gasteiger partial charge >= 0.3 is 0 Å². The van der Waals surface area contributed by atoms with Crippen molar-refractivity contribution in [2.24, 2.45) is 0 Å². The largest absolute Gasteiger partial charge is 0.494 e. The van der Waals surface area contributed by atoms with Crippen LogP contribution in [0.2, 0.25) is 0 Å². The first-order valence-corrected chi connectivity index (χ1v) is 14.6. The number of nitrogens with zero attached hydrogens (tertiary/aromatic N) is 2. The summed E-state index contributed by atoms with van der Waals surface area (Å²) in [5.74, 6) is 1.28. The first kappa shape index (κ1) is 29.2. The summed E-state index contributed by atoms with van der Waals surface area (Å²) >= 11 is 1.47. The molecule has 0 saturated carbocycles. The highest BCUT2D eigenvalue weighted by Gasteiger charge is 2.38. The van der Waals surface area contributed by atoms with Gasteiger partial charge in [-0.05, 0) is 37.1 Å². The second-order valence-corrected chi connectivity index (χ2v) is 10.6. The van der Waals surface area contributed by atoms with Gasteiger partial charge in [0.1, 0.15) is 5.75 Å². The zero-order valence-corrected chi connectivity index (χ0v) is 22.5. The van der Waals surface area contributed by atoms with Crippen LogP contribution in [-0.4, -0.2) is 53.8 Å². The van der Waals surface area contributed by atoms with Gasteiger partial charge in [0.05, 0.1) is 11.9 Å². The summed E-state index contributed by atoms with van der Waals surface area (Å²) in [6, 6.07) is 7.54. The van der Waals surface area contributed by atoms with E-state index in [1.807, 2.05) is 24.3 Å². The van der Waals surface area contributed by atoms with Crippen molar-refractivity contribution in [3.05, 3.63) is 24.3 Å². The van der Waals surface area contributed by atoms with Gasteiger partial charge in [0.2, 0.25) is 18.2 Å². The first-order chi connectivity index (χ1) is 17.1. The molecule has 1 atom stereocenters. The van der Waals surface area contributed by atoms with Gasteiger partial charge < -0.3 is 9.64 Å². The number of unbranched alkanes of at least 4 members (excludes halogenated alkanes) is 9. The van der Waals surface area contributed by atoms with Crippen LogP contribution in [0.1, 0.15) is 90.9 Å². The maximum Gasteiger partial charge on any atom is 0.242 e. The Morgan fingerprint density at radius 1 is 0.943 bits per heavy atom. The number of amides is 3. The van der Waals surface area contributed by atoms with Crippen LogP contribution in [0, 0.1) is 0 Å². The average Bonchev–Trinajstić information content (AvgIpc) is 3.14. The van der Waals surface area contributed by atoms with Crippen molar-refractivity contribution >= 4 is 35.7 Å². The SMILES string of the molecule is CCCCCCCCCN1C(=O)CC(SCCN(C=O)c2ccc(OCCCCCC)cc2)C1=O. The zero-order chi connectivity index (χ0) is 25.3. The molecule has 1 heterocycles. The van der Waals surface area contributed by atoms with Crippen molar-refractivity contribution in [3.8, 4) is 5.75 Å². The Labute approximate surface area is 216 Å². The van der Waals surface area contributed by atoms with Crippen LogP contribution in [0.5, 0.6) is 5.75 Å². The number of hydrogen-bond acceptors (Lipinski definition) is 5. The molecule has 0 spiro atoms. The first-order valence-electron chi connectivity index (χ1n) is 13.5. The summed E-state index contributed by atoms with van der Waals surface area (Å²) in [5.41, 5.74) is 0.799. The summed E-state index contributed by atoms with van der Waals surface area (Å²) in [6.45, 7) is 6.13. The molecule has 0 N–H and O–H groups in total. The molecule has 35 heavy (non-hydrogen) atoms. The molecular weight excluding hydrogens is 460 g/mol. The average molecular weight is 505 g/mol. The summed E-state index contributed by atoms with van der Waals surface area (Å²) in [6.07, 6.45) is 13.9. The van der Waals surface area contributed by atoms with Crippen molar-refractivity contribution in [2.75, 3.05) is 30.3 Å². The molecular formula is C28H44N2O4S. The molecule has 3 amide bonds. The minimum atomic E-state index is -0.330. The number of imide groups is 1. The molecule has 1 saturated heterocycles. The second-order valence-electron chi connectivity index (χ2n) is 9.27. The van der Waals surface area contributed by atoms with Crippen molar-refractivity contribution < 1.29 is 19.1 Å². The number of thioether (sulfide) groups is 1. The van der Waals surface area contributed by atoms with Crippen molar-refractivity contribution in [2.45, 2.75) is 96.1 Å². The third-order valence-electron chi connectivity index (χ3n) is 6.40. The van der Waals surface area contributed by atoms with Crippen LogP contribution in [0.25, 0.3) is 0 Å². The van der Waals surface area contributed by atoms with Crippen LogP contribution in [0.4, 0.5) is 5.69 Å². The minimum Gasteiger partial charge on any atom is -0.494 e. The third kappa shape index (κ3) is 10.6. The van der Waals surface area contributed by atoms with Crippen LogP contribution >= 0.6 is 11.8 Å². The van der Waals surface area contributed by atoms with Crippen LogP contribution in [-0.2, 0) is 14.4 Å². The zero-order valence-electron chi connectivity index (χ0n) is 21.7. The lowest BCUT2D eigenvalue weighted by molar-refractivity contribution is -0.138. The van der Waals surface area contributed by atoms with E-state index in [1.165, 1.54) is 68.0 Å². The topological polar surface area (TPSA) is 66.9 Å². The monoisotopic (exact) mass is 504 g/mol. The molecule has 0 radical (unpaired) electrons. The number of likely N-dealkylation sites (tertiary alicyclic amines) is 1. The van der Waals surface area contributed by atoms with Gasteiger partial charge in [0.15, 0.2) is 0 Å². The Bertz CT molecular complexity index is 756. The smallest absolute Gasteiger partial charge is 0.242 e. The van der Waals surface area contributed by atoms with E-state index in [2.05, 4.69) is 13.8 Å². The number of carbonyl (C=O) groups excluding carboxylic acids is 3. The van der Waals surface area contributed by atoms with E-state index in [9.17, 15) is 14.4 Å². The van der Waals surface area contributed by atoms with E-state index in [-0.39, 0.29) is 23.5 Å². The van der Waals surface area contributed by atoms with Gasteiger partial charge in [0, 0.05) is 31.0 Å². The van der Waals surface area contributed by atoms with Crippen LogP contribution in [0.15, 0.2) is 24.3 Å². The quantitative estimate of drug-likeness (QED) is 0.120. The number of anilines is 1. The highest BCUT2D eigenvalue weighted by molar-refractivity contribution is 8.00. The molecule has 1 unspecified atom stereocenters. The molecule has 7 heteroatoms. The van der Waals surface area contributed by atoms with E-state index < -0.39 is 0 Å². The fourth-order valence-corrected chi connectivity index (χ4v) is 5.35. The predicted molar refractivity (Wildman–Crippen MR) is 145 cm³/mol. The van der Waals surface area contributed by atoms with E-state index in [1.54, 1.807) is 4.90 Å². The van der Waals surface area contributed by atoms with Gasteiger partial charge in [-0.3, -0.25) is 19.3 Å². The van der Waals surface area contributed by atoms with Gasteiger partial charge in [0.25, 0.3) is 0 Å². The number of benzene rings is 1. The van der Waals surface area contributed by atoms with Gasteiger partial charge in [-0.2, -0.15) is 0 Å². The Kier molecular flexibility index (Phi) is 14.5. The van der Waals surface area contributed by atoms with E-state index in [4.69, 9.17) is 4.74 Å². The van der Waals surface area contributed by atoms with E-state index in [0.29, 0.717) is 25.4 Å².